The molecule has 7 heteroatoms. The summed E-state index contributed by atoms with van der Waals surface area (Å²) in [7, 11) is 0. The Morgan fingerprint density at radius 1 is 1.43 bits per heavy atom. The smallest absolute Gasteiger partial charge is 0.225 e. The highest BCUT2D eigenvalue weighted by atomic mass is 32.2. The Labute approximate surface area is 141 Å². The molecule has 2 rings (SSSR count). The molecule has 5 nitrogen and oxygen atoms in total. The molecule has 0 bridgehead atoms. The lowest BCUT2D eigenvalue weighted by Crippen LogP contribution is -2.50. The third-order valence-corrected chi connectivity index (χ3v) is 4.59. The molecule has 1 aliphatic heterocycles. The van der Waals surface area contributed by atoms with E-state index in [1.807, 2.05) is 33.1 Å². The minimum atomic E-state index is -1.34. The van der Waals surface area contributed by atoms with E-state index in [0.29, 0.717) is 25.9 Å². The number of hydrogen-bond donors (Lipinski definition) is 1. The standard InChI is InChI=1S/C16H25FN4OS/c1-15(2,3)13(22)19-11-16(17)6-9-21(10-7-16)12-5-8-18-14(20-12)23-4/h5,8H,6-7,9-11H2,1-4H3,(H,19,22). The van der Waals surface area contributed by atoms with Crippen molar-refractivity contribution in [2.45, 2.75) is 44.4 Å². The minimum Gasteiger partial charge on any atom is -0.356 e. The van der Waals surface area contributed by atoms with Gasteiger partial charge in [-0.25, -0.2) is 14.4 Å². The normalized spacial score (nSPS) is 17.9. The molecule has 1 N–H and O–H groups in total. The van der Waals surface area contributed by atoms with Crippen LogP contribution in [0.5, 0.6) is 0 Å². The van der Waals surface area contributed by atoms with E-state index in [-0.39, 0.29) is 12.5 Å². The van der Waals surface area contributed by atoms with E-state index >= 15 is 0 Å². The quantitative estimate of drug-likeness (QED) is 0.674. The summed E-state index contributed by atoms with van der Waals surface area (Å²) in [6.45, 7) is 6.74. The number of thioether (sulfide) groups is 1. The van der Waals surface area contributed by atoms with Gasteiger partial charge >= 0.3 is 0 Å². The molecule has 0 spiro atoms. The predicted octanol–water partition coefficient (Wildman–Crippen LogP) is 2.67. The third-order valence-electron chi connectivity index (χ3n) is 4.03. The van der Waals surface area contributed by atoms with Crippen LogP contribution in [-0.2, 0) is 4.79 Å². The summed E-state index contributed by atoms with van der Waals surface area (Å²) >= 11 is 1.49. The fourth-order valence-electron chi connectivity index (χ4n) is 2.42. The number of piperidine rings is 1. The van der Waals surface area contributed by atoms with Crippen molar-refractivity contribution >= 4 is 23.5 Å². The zero-order valence-corrected chi connectivity index (χ0v) is 15.0. The highest BCUT2D eigenvalue weighted by molar-refractivity contribution is 7.98. The number of alkyl halides is 1. The number of halogens is 1. The number of aromatic nitrogens is 2. The molecule has 0 unspecified atom stereocenters. The van der Waals surface area contributed by atoms with Gasteiger partial charge in [0.25, 0.3) is 0 Å². The van der Waals surface area contributed by atoms with Crippen molar-refractivity contribution < 1.29 is 9.18 Å². The fourth-order valence-corrected chi connectivity index (χ4v) is 2.77. The Kier molecular flexibility index (Phi) is 5.49. The maximum atomic E-state index is 14.9. The highest BCUT2D eigenvalue weighted by Gasteiger charge is 2.36. The molecule has 2 heterocycles. The maximum Gasteiger partial charge on any atom is 0.225 e. The van der Waals surface area contributed by atoms with Crippen molar-refractivity contribution in [2.75, 3.05) is 30.8 Å². The second-order valence-corrected chi connectivity index (χ2v) is 7.75. The zero-order chi connectivity index (χ0) is 17.1. The molecule has 0 saturated carbocycles. The second kappa shape index (κ2) is 7.03. The van der Waals surface area contributed by atoms with Crippen molar-refractivity contribution in [1.82, 2.24) is 15.3 Å². The van der Waals surface area contributed by atoms with Crippen molar-refractivity contribution in [3.8, 4) is 0 Å². The molecule has 1 saturated heterocycles. The van der Waals surface area contributed by atoms with E-state index in [4.69, 9.17) is 0 Å². The molecule has 0 atom stereocenters. The molecular weight excluding hydrogens is 315 g/mol. The van der Waals surface area contributed by atoms with Crippen LogP contribution in [0.1, 0.15) is 33.6 Å². The van der Waals surface area contributed by atoms with Crippen LogP contribution in [0.25, 0.3) is 0 Å². The molecule has 1 fully saturated rings. The number of rotatable bonds is 4. The maximum absolute atomic E-state index is 14.9. The second-order valence-electron chi connectivity index (χ2n) is 6.97. The Hall–Kier alpha value is -1.37. The number of nitrogens with zero attached hydrogens (tertiary/aromatic N) is 3. The summed E-state index contributed by atoms with van der Waals surface area (Å²) in [5, 5.41) is 3.46. The summed E-state index contributed by atoms with van der Waals surface area (Å²) in [5.41, 5.74) is -1.83. The van der Waals surface area contributed by atoms with Crippen molar-refractivity contribution in [3.05, 3.63) is 12.3 Å². The van der Waals surface area contributed by atoms with E-state index in [9.17, 15) is 9.18 Å². The van der Waals surface area contributed by atoms with Gasteiger partial charge in [-0.05, 0) is 12.3 Å². The van der Waals surface area contributed by atoms with Gasteiger partial charge in [0.05, 0.1) is 6.54 Å². The van der Waals surface area contributed by atoms with Gasteiger partial charge in [0, 0.05) is 37.5 Å². The number of carbonyl (C=O) groups is 1. The summed E-state index contributed by atoms with van der Waals surface area (Å²) in [6.07, 6.45) is 4.43. The molecule has 0 radical (unpaired) electrons. The first kappa shape index (κ1) is 18.0. The first-order valence-corrected chi connectivity index (χ1v) is 9.05. The number of nitrogens with one attached hydrogen (secondary N) is 1. The number of anilines is 1. The van der Waals surface area contributed by atoms with Crippen LogP contribution in [-0.4, -0.2) is 47.4 Å². The van der Waals surface area contributed by atoms with Crippen LogP contribution >= 0.6 is 11.8 Å². The van der Waals surface area contributed by atoms with E-state index in [1.165, 1.54) is 11.8 Å². The third kappa shape index (κ3) is 4.80. The molecule has 0 aliphatic carbocycles. The van der Waals surface area contributed by atoms with E-state index in [2.05, 4.69) is 20.2 Å². The fraction of sp³-hybridized carbons (Fsp3) is 0.688. The number of hydrogen-bond acceptors (Lipinski definition) is 5. The molecule has 1 aromatic heterocycles. The summed E-state index contributed by atoms with van der Waals surface area (Å²) < 4.78 is 14.9. The van der Waals surface area contributed by atoms with E-state index in [0.717, 1.165) is 11.0 Å². The van der Waals surface area contributed by atoms with Crippen LogP contribution in [0.4, 0.5) is 10.2 Å². The van der Waals surface area contributed by atoms with Crippen molar-refractivity contribution in [1.29, 1.82) is 0 Å². The number of carbonyl (C=O) groups excluding carboxylic acids is 1. The van der Waals surface area contributed by atoms with Crippen molar-refractivity contribution in [2.24, 2.45) is 5.41 Å². The zero-order valence-electron chi connectivity index (χ0n) is 14.2. The first-order chi connectivity index (χ1) is 10.7. The number of amides is 1. The monoisotopic (exact) mass is 340 g/mol. The Balaban J connectivity index is 1.90. The lowest BCUT2D eigenvalue weighted by Gasteiger charge is -2.37. The predicted molar refractivity (Wildman–Crippen MR) is 91.6 cm³/mol. The van der Waals surface area contributed by atoms with E-state index in [1.54, 1.807) is 6.20 Å². The Morgan fingerprint density at radius 3 is 2.65 bits per heavy atom. The molecule has 1 aliphatic rings. The van der Waals surface area contributed by atoms with Gasteiger partial charge in [0.1, 0.15) is 11.5 Å². The lowest BCUT2D eigenvalue weighted by atomic mass is 9.91. The van der Waals surface area contributed by atoms with Gasteiger partial charge in [0.15, 0.2) is 5.16 Å². The molecule has 1 aromatic rings. The Morgan fingerprint density at radius 2 is 2.09 bits per heavy atom. The van der Waals surface area contributed by atoms with Gasteiger partial charge in [-0.1, -0.05) is 32.5 Å². The summed E-state index contributed by atoms with van der Waals surface area (Å²) in [5.74, 6) is 0.725. The van der Waals surface area contributed by atoms with Crippen LogP contribution in [0, 0.1) is 5.41 Å². The average Bonchev–Trinajstić information content (AvgIpc) is 2.52. The molecule has 23 heavy (non-hydrogen) atoms. The van der Waals surface area contributed by atoms with Gasteiger partial charge in [0.2, 0.25) is 5.91 Å². The SMILES string of the molecule is CSc1nccc(N2CCC(F)(CNC(=O)C(C)(C)C)CC2)n1. The molecule has 128 valence electrons. The van der Waals surface area contributed by atoms with Gasteiger partial charge in [-0.15, -0.1) is 0 Å². The average molecular weight is 340 g/mol. The van der Waals surface area contributed by atoms with Crippen LogP contribution in [0.2, 0.25) is 0 Å². The minimum absolute atomic E-state index is 0.0801. The van der Waals surface area contributed by atoms with Crippen LogP contribution in [0.3, 0.4) is 0 Å². The van der Waals surface area contributed by atoms with Crippen molar-refractivity contribution in [3.63, 3.8) is 0 Å². The Bertz CT molecular complexity index is 553. The topological polar surface area (TPSA) is 58.1 Å². The summed E-state index contributed by atoms with van der Waals surface area (Å²) in [4.78, 5) is 22.6. The first-order valence-electron chi connectivity index (χ1n) is 7.83. The van der Waals surface area contributed by atoms with Gasteiger partial charge < -0.3 is 10.2 Å². The molecule has 1 amide bonds. The van der Waals surface area contributed by atoms with Crippen LogP contribution in [0.15, 0.2) is 17.4 Å². The highest BCUT2D eigenvalue weighted by Crippen LogP contribution is 2.29. The lowest BCUT2D eigenvalue weighted by molar-refractivity contribution is -0.129. The van der Waals surface area contributed by atoms with E-state index < -0.39 is 11.1 Å². The largest absolute Gasteiger partial charge is 0.356 e. The molecule has 0 aromatic carbocycles. The van der Waals surface area contributed by atoms with Crippen LogP contribution < -0.4 is 10.2 Å². The molecular formula is C16H25FN4OS. The van der Waals surface area contributed by atoms with Gasteiger partial charge in [-0.3, -0.25) is 4.79 Å². The summed E-state index contributed by atoms with van der Waals surface area (Å²) in [6, 6.07) is 1.85. The van der Waals surface area contributed by atoms with Gasteiger partial charge in [-0.2, -0.15) is 0 Å².